The molecule has 1 unspecified atom stereocenters. The molecule has 0 aliphatic carbocycles. The van der Waals surface area contributed by atoms with Crippen LogP contribution in [0.2, 0.25) is 0 Å². The second kappa shape index (κ2) is 12.6. The van der Waals surface area contributed by atoms with Crippen LogP contribution < -0.4 is 4.74 Å². The van der Waals surface area contributed by atoms with Gasteiger partial charge in [-0.05, 0) is 29.2 Å². The van der Waals surface area contributed by atoms with Crippen molar-refractivity contribution in [2.24, 2.45) is 0 Å². The van der Waals surface area contributed by atoms with Gasteiger partial charge in [0.05, 0.1) is 19.3 Å². The third kappa shape index (κ3) is 6.63. The smallest absolute Gasteiger partial charge is 0.213 e. The lowest BCUT2D eigenvalue weighted by atomic mass is 10.0. The van der Waals surface area contributed by atoms with Gasteiger partial charge in [0.1, 0.15) is 24.9 Å². The van der Waals surface area contributed by atoms with Crippen molar-refractivity contribution in [2.45, 2.75) is 57.6 Å². The number of ether oxygens (including phenoxy) is 4. The van der Waals surface area contributed by atoms with Crippen molar-refractivity contribution in [1.29, 1.82) is 0 Å². The largest absolute Gasteiger partial charge is 0.473 e. The second-order valence-electron chi connectivity index (χ2n) is 9.23. The minimum atomic E-state index is -0.287. The van der Waals surface area contributed by atoms with E-state index in [1.807, 2.05) is 85.1 Å². The standard InChI is InChI=1S/C32H33NO4/c1-2-28-31(35-22-25-14-8-4-9-15-25)32(36-23-26-16-10-5-11-17-26)30(37-28)27-18-19-29(33-20-27)34-21-24-12-6-3-7-13-24/h3-20,28,30-32H,2,21-23H2,1H3/t28-,30+,31?,32-/m1/s1. The number of hydrogen-bond acceptors (Lipinski definition) is 5. The lowest BCUT2D eigenvalue weighted by molar-refractivity contribution is -0.0794. The van der Waals surface area contributed by atoms with E-state index >= 15 is 0 Å². The molecule has 0 amide bonds. The fraction of sp³-hybridized carbons (Fsp3) is 0.281. The Hall–Kier alpha value is -3.51. The summed E-state index contributed by atoms with van der Waals surface area (Å²) in [6.07, 6.45) is 1.82. The Balaban J connectivity index is 1.32. The van der Waals surface area contributed by atoms with E-state index < -0.39 is 0 Å². The minimum absolute atomic E-state index is 0.0801. The molecule has 1 fully saturated rings. The predicted molar refractivity (Wildman–Crippen MR) is 143 cm³/mol. The van der Waals surface area contributed by atoms with Crippen molar-refractivity contribution >= 4 is 0 Å². The Morgan fingerprint density at radius 3 is 1.70 bits per heavy atom. The molecule has 37 heavy (non-hydrogen) atoms. The zero-order valence-electron chi connectivity index (χ0n) is 21.1. The maximum absolute atomic E-state index is 6.54. The molecule has 190 valence electrons. The first kappa shape index (κ1) is 25.2. The summed E-state index contributed by atoms with van der Waals surface area (Å²) < 4.78 is 25.4. The van der Waals surface area contributed by atoms with Crippen LogP contribution in [0.4, 0.5) is 0 Å². The van der Waals surface area contributed by atoms with Gasteiger partial charge in [0.2, 0.25) is 5.88 Å². The molecule has 3 aromatic carbocycles. The summed E-state index contributed by atoms with van der Waals surface area (Å²) in [6, 6.07) is 34.4. The first-order valence-electron chi connectivity index (χ1n) is 12.9. The normalized spacial score (nSPS) is 21.1. The monoisotopic (exact) mass is 495 g/mol. The zero-order chi connectivity index (χ0) is 25.3. The Kier molecular flexibility index (Phi) is 8.59. The molecule has 1 saturated heterocycles. The van der Waals surface area contributed by atoms with E-state index in [-0.39, 0.29) is 24.4 Å². The quantitative estimate of drug-likeness (QED) is 0.232. The molecule has 0 N–H and O–H groups in total. The molecule has 4 aromatic rings. The molecule has 0 spiro atoms. The van der Waals surface area contributed by atoms with E-state index in [9.17, 15) is 0 Å². The topological polar surface area (TPSA) is 49.8 Å². The second-order valence-corrected chi connectivity index (χ2v) is 9.23. The van der Waals surface area contributed by atoms with Gasteiger partial charge in [-0.15, -0.1) is 0 Å². The Morgan fingerprint density at radius 2 is 1.19 bits per heavy atom. The Bertz CT molecular complexity index is 1200. The lowest BCUT2D eigenvalue weighted by Crippen LogP contribution is -2.35. The summed E-state index contributed by atoms with van der Waals surface area (Å²) in [5.41, 5.74) is 4.30. The molecule has 1 aliphatic heterocycles. The highest BCUT2D eigenvalue weighted by atomic mass is 16.6. The van der Waals surface area contributed by atoms with Crippen molar-refractivity contribution in [3.05, 3.63) is 132 Å². The van der Waals surface area contributed by atoms with Gasteiger partial charge in [-0.1, -0.05) is 97.9 Å². The molecule has 0 bridgehead atoms. The fourth-order valence-electron chi connectivity index (χ4n) is 4.62. The van der Waals surface area contributed by atoms with Gasteiger partial charge >= 0.3 is 0 Å². The molecule has 2 heterocycles. The van der Waals surface area contributed by atoms with Crippen LogP contribution in [-0.2, 0) is 34.0 Å². The first-order valence-corrected chi connectivity index (χ1v) is 12.9. The molecular formula is C32H33NO4. The number of benzene rings is 3. The van der Waals surface area contributed by atoms with Gasteiger partial charge in [-0.3, -0.25) is 0 Å². The summed E-state index contributed by atoms with van der Waals surface area (Å²) in [4.78, 5) is 4.56. The summed E-state index contributed by atoms with van der Waals surface area (Å²) in [6.45, 7) is 3.59. The maximum atomic E-state index is 6.54. The SMILES string of the molecule is CC[C@H]1O[C@@H](c2ccc(OCc3ccccc3)nc2)[C@@H](OCc2ccccc2)C1OCc1ccccc1. The van der Waals surface area contributed by atoms with Crippen molar-refractivity contribution < 1.29 is 18.9 Å². The summed E-state index contributed by atoms with van der Waals surface area (Å²) >= 11 is 0. The van der Waals surface area contributed by atoms with Crippen LogP contribution in [0.3, 0.4) is 0 Å². The van der Waals surface area contributed by atoms with E-state index in [1.165, 1.54) is 0 Å². The van der Waals surface area contributed by atoms with Crippen molar-refractivity contribution in [2.75, 3.05) is 0 Å². The number of hydrogen-bond donors (Lipinski definition) is 0. The third-order valence-corrected chi connectivity index (χ3v) is 6.60. The van der Waals surface area contributed by atoms with Crippen LogP contribution in [0, 0.1) is 0 Å². The highest BCUT2D eigenvalue weighted by Gasteiger charge is 2.46. The van der Waals surface area contributed by atoms with Gasteiger partial charge in [0, 0.05) is 17.8 Å². The zero-order valence-corrected chi connectivity index (χ0v) is 21.1. The van der Waals surface area contributed by atoms with E-state index in [0.717, 1.165) is 28.7 Å². The molecule has 1 aromatic heterocycles. The maximum Gasteiger partial charge on any atom is 0.213 e. The first-order chi connectivity index (χ1) is 18.3. The van der Waals surface area contributed by atoms with Crippen molar-refractivity contribution in [3.8, 4) is 5.88 Å². The molecule has 4 atom stereocenters. The minimum Gasteiger partial charge on any atom is -0.473 e. The number of pyridine rings is 1. The van der Waals surface area contributed by atoms with Gasteiger partial charge in [0.15, 0.2) is 0 Å². The van der Waals surface area contributed by atoms with Crippen molar-refractivity contribution in [1.82, 2.24) is 4.98 Å². The summed E-state index contributed by atoms with van der Waals surface area (Å²) in [7, 11) is 0. The molecule has 0 radical (unpaired) electrons. The highest BCUT2D eigenvalue weighted by Crippen LogP contribution is 2.39. The van der Waals surface area contributed by atoms with Crippen LogP contribution in [0.5, 0.6) is 5.88 Å². The predicted octanol–water partition coefficient (Wildman–Crippen LogP) is 6.68. The van der Waals surface area contributed by atoms with Gasteiger partial charge < -0.3 is 18.9 Å². The Morgan fingerprint density at radius 1 is 0.649 bits per heavy atom. The average molecular weight is 496 g/mol. The van der Waals surface area contributed by atoms with Gasteiger partial charge in [-0.2, -0.15) is 0 Å². The molecule has 5 rings (SSSR count). The summed E-state index contributed by atoms with van der Waals surface area (Å²) in [5, 5.41) is 0. The molecule has 0 saturated carbocycles. The molecular weight excluding hydrogens is 462 g/mol. The van der Waals surface area contributed by atoms with Crippen molar-refractivity contribution in [3.63, 3.8) is 0 Å². The fourth-order valence-corrected chi connectivity index (χ4v) is 4.62. The molecule has 1 aliphatic rings. The van der Waals surface area contributed by atoms with E-state index in [1.54, 1.807) is 0 Å². The highest BCUT2D eigenvalue weighted by molar-refractivity contribution is 5.24. The van der Waals surface area contributed by atoms with E-state index in [2.05, 4.69) is 36.2 Å². The van der Waals surface area contributed by atoms with Crippen LogP contribution >= 0.6 is 0 Å². The third-order valence-electron chi connectivity index (χ3n) is 6.60. The van der Waals surface area contributed by atoms with E-state index in [4.69, 9.17) is 18.9 Å². The molecule has 5 nitrogen and oxygen atoms in total. The lowest BCUT2D eigenvalue weighted by Gasteiger charge is -2.25. The van der Waals surface area contributed by atoms with E-state index in [0.29, 0.717) is 25.7 Å². The van der Waals surface area contributed by atoms with Gasteiger partial charge in [0.25, 0.3) is 0 Å². The van der Waals surface area contributed by atoms with Crippen LogP contribution in [0.15, 0.2) is 109 Å². The van der Waals surface area contributed by atoms with Crippen LogP contribution in [-0.4, -0.2) is 23.3 Å². The number of aromatic nitrogens is 1. The Labute approximate surface area is 219 Å². The van der Waals surface area contributed by atoms with Gasteiger partial charge in [-0.25, -0.2) is 4.98 Å². The summed E-state index contributed by atoms with van der Waals surface area (Å²) in [5.74, 6) is 0.580. The van der Waals surface area contributed by atoms with Crippen LogP contribution in [0.25, 0.3) is 0 Å². The number of rotatable bonds is 11. The number of nitrogens with zero attached hydrogens (tertiary/aromatic N) is 1. The molecule has 5 heteroatoms. The average Bonchev–Trinajstić information content (AvgIpc) is 3.33. The van der Waals surface area contributed by atoms with Crippen LogP contribution in [0.1, 0.15) is 41.7 Å².